The van der Waals surface area contributed by atoms with Crippen LogP contribution in [0.1, 0.15) is 0 Å². The molecular weight excluding hydrogens is 645 g/mol. The molecule has 11 rings (SSSR count). The minimum atomic E-state index is 0.623. The van der Waals surface area contributed by atoms with Gasteiger partial charge in [0.2, 0.25) is 0 Å². The monoisotopic (exact) mass is 674 g/mol. The maximum Gasteiger partial charge on any atom is 0.166 e. The Morgan fingerprint density at radius 2 is 0.887 bits per heavy atom. The van der Waals surface area contributed by atoms with Crippen LogP contribution < -0.4 is 0 Å². The number of nitrogens with zero attached hydrogens (tertiary/aromatic N) is 4. The summed E-state index contributed by atoms with van der Waals surface area (Å²) < 4.78 is 2.37. The molecule has 4 heteroatoms. The summed E-state index contributed by atoms with van der Waals surface area (Å²) in [7, 11) is 0. The lowest BCUT2D eigenvalue weighted by Crippen LogP contribution is -2.04. The van der Waals surface area contributed by atoms with Gasteiger partial charge in [0.25, 0.3) is 0 Å². The molecule has 0 amide bonds. The zero-order chi connectivity index (χ0) is 34.9. The third kappa shape index (κ3) is 4.59. The molecule has 0 fully saturated rings. The van der Waals surface area contributed by atoms with Gasteiger partial charge in [-0.1, -0.05) is 152 Å². The minimum absolute atomic E-state index is 0.623. The van der Waals surface area contributed by atoms with Crippen molar-refractivity contribution in [2.24, 2.45) is 0 Å². The molecule has 0 spiro atoms. The highest BCUT2D eigenvalue weighted by molar-refractivity contribution is 6.22. The SMILES string of the molecule is c1ccc(-c2nc(-c3ccccc3-n3c4ccccc4c4c5ccccc5ccc43)nc(-c3cc4c5ccccc5ccc4c4ccccc34)n2)cc1. The fraction of sp³-hybridized carbons (Fsp3) is 0. The summed E-state index contributed by atoms with van der Waals surface area (Å²) in [6.07, 6.45) is 0. The topological polar surface area (TPSA) is 43.6 Å². The second-order valence-electron chi connectivity index (χ2n) is 13.6. The predicted octanol–water partition coefficient (Wildman–Crippen LogP) is 12.6. The van der Waals surface area contributed by atoms with E-state index in [-0.39, 0.29) is 0 Å². The molecule has 0 aliphatic heterocycles. The zero-order valence-corrected chi connectivity index (χ0v) is 28.6. The largest absolute Gasteiger partial charge is 0.308 e. The zero-order valence-electron chi connectivity index (χ0n) is 28.6. The van der Waals surface area contributed by atoms with Crippen LogP contribution in [0.25, 0.3) is 105 Å². The van der Waals surface area contributed by atoms with Crippen molar-refractivity contribution in [2.75, 3.05) is 0 Å². The normalized spacial score (nSPS) is 11.8. The Labute approximate surface area is 305 Å². The van der Waals surface area contributed by atoms with Gasteiger partial charge < -0.3 is 4.57 Å². The van der Waals surface area contributed by atoms with Gasteiger partial charge in [0.05, 0.1) is 16.7 Å². The molecule has 53 heavy (non-hydrogen) atoms. The molecule has 0 aliphatic rings. The number of hydrogen-bond donors (Lipinski definition) is 0. The molecule has 0 saturated carbocycles. The van der Waals surface area contributed by atoms with Crippen LogP contribution in [0.4, 0.5) is 0 Å². The molecule has 0 atom stereocenters. The van der Waals surface area contributed by atoms with Gasteiger partial charge >= 0.3 is 0 Å². The molecular formula is C49H30N4. The van der Waals surface area contributed by atoms with E-state index in [1.165, 1.54) is 48.5 Å². The van der Waals surface area contributed by atoms with Gasteiger partial charge in [-0.25, -0.2) is 15.0 Å². The second kappa shape index (κ2) is 11.7. The summed E-state index contributed by atoms with van der Waals surface area (Å²) in [4.78, 5) is 15.9. The van der Waals surface area contributed by atoms with Gasteiger partial charge in [-0.15, -0.1) is 0 Å². The van der Waals surface area contributed by atoms with Crippen molar-refractivity contribution in [2.45, 2.75) is 0 Å². The van der Waals surface area contributed by atoms with E-state index < -0.39 is 0 Å². The number of aromatic nitrogens is 4. The maximum atomic E-state index is 5.38. The summed E-state index contributed by atoms with van der Waals surface area (Å²) in [6.45, 7) is 0. The quantitative estimate of drug-likeness (QED) is 0.175. The van der Waals surface area contributed by atoms with Crippen molar-refractivity contribution >= 4 is 64.9 Å². The molecule has 0 aliphatic carbocycles. The van der Waals surface area contributed by atoms with Crippen molar-refractivity contribution in [3.63, 3.8) is 0 Å². The highest BCUT2D eigenvalue weighted by Crippen LogP contribution is 2.41. The summed E-state index contributed by atoms with van der Waals surface area (Å²) in [5.74, 6) is 1.90. The van der Waals surface area contributed by atoms with Crippen LogP contribution in [0, 0.1) is 0 Å². The van der Waals surface area contributed by atoms with Crippen LogP contribution in [0.15, 0.2) is 182 Å². The van der Waals surface area contributed by atoms with Gasteiger partial charge in [0.15, 0.2) is 17.5 Å². The Hall–Kier alpha value is -7.17. The van der Waals surface area contributed by atoms with Crippen LogP contribution in [0.3, 0.4) is 0 Å². The highest BCUT2D eigenvalue weighted by atomic mass is 15.1. The highest BCUT2D eigenvalue weighted by Gasteiger charge is 2.21. The third-order valence-electron chi connectivity index (χ3n) is 10.6. The number of fused-ring (bicyclic) bond motifs is 10. The van der Waals surface area contributed by atoms with Gasteiger partial charge in [-0.3, -0.25) is 0 Å². The van der Waals surface area contributed by atoms with E-state index >= 15 is 0 Å². The Morgan fingerprint density at radius 3 is 1.72 bits per heavy atom. The molecule has 246 valence electrons. The van der Waals surface area contributed by atoms with Crippen molar-refractivity contribution < 1.29 is 0 Å². The van der Waals surface area contributed by atoms with Gasteiger partial charge in [-0.05, 0) is 73.4 Å². The number of rotatable bonds is 4. The summed E-state index contributed by atoms with van der Waals surface area (Å²) >= 11 is 0. The fourth-order valence-electron chi connectivity index (χ4n) is 8.24. The average molecular weight is 675 g/mol. The average Bonchev–Trinajstić information content (AvgIpc) is 3.58. The van der Waals surface area contributed by atoms with Gasteiger partial charge in [-0.2, -0.15) is 0 Å². The first-order valence-corrected chi connectivity index (χ1v) is 18.0. The Kier molecular flexibility index (Phi) is 6.52. The fourth-order valence-corrected chi connectivity index (χ4v) is 8.24. The van der Waals surface area contributed by atoms with E-state index in [4.69, 9.17) is 15.0 Å². The maximum absolute atomic E-state index is 5.38. The number of benzene rings is 9. The third-order valence-corrected chi connectivity index (χ3v) is 10.6. The first-order chi connectivity index (χ1) is 26.3. The molecule has 2 heterocycles. The first-order valence-electron chi connectivity index (χ1n) is 18.0. The van der Waals surface area contributed by atoms with E-state index in [1.54, 1.807) is 0 Å². The van der Waals surface area contributed by atoms with E-state index in [0.29, 0.717) is 17.5 Å². The number of para-hydroxylation sites is 2. The van der Waals surface area contributed by atoms with Crippen molar-refractivity contribution in [1.82, 2.24) is 19.5 Å². The summed E-state index contributed by atoms with van der Waals surface area (Å²) in [5, 5.41) is 12.0. The standard InChI is InChI=1S/C49H30N4/c1-2-16-33(17-3-1)47-50-48(52-49(51-47)42-30-41-34-18-6-4-14-31(34)26-28-38(41)36-20-8-9-21-37(36)42)40-23-11-13-25-44(40)53-43-24-12-10-22-39(43)46-35-19-7-5-15-32(35)27-29-45(46)53/h1-30H. The molecule has 11 aromatic rings. The molecule has 0 radical (unpaired) electrons. The minimum Gasteiger partial charge on any atom is -0.308 e. The molecule has 0 saturated heterocycles. The first kappa shape index (κ1) is 29.5. The molecule has 2 aromatic heterocycles. The number of hydrogen-bond acceptors (Lipinski definition) is 3. The van der Waals surface area contributed by atoms with Gasteiger partial charge in [0.1, 0.15) is 0 Å². The van der Waals surface area contributed by atoms with E-state index in [9.17, 15) is 0 Å². The summed E-state index contributed by atoms with van der Waals surface area (Å²) in [5.41, 5.74) is 6.14. The molecule has 0 unspecified atom stereocenters. The van der Waals surface area contributed by atoms with Crippen LogP contribution in [-0.4, -0.2) is 19.5 Å². The van der Waals surface area contributed by atoms with Crippen LogP contribution in [-0.2, 0) is 0 Å². The van der Waals surface area contributed by atoms with Crippen LogP contribution in [0.5, 0.6) is 0 Å². The summed E-state index contributed by atoms with van der Waals surface area (Å²) in [6, 6.07) is 64.4. The molecule has 4 nitrogen and oxygen atoms in total. The lowest BCUT2D eigenvalue weighted by atomic mass is 9.93. The molecule has 0 N–H and O–H groups in total. The molecule has 0 bridgehead atoms. The van der Waals surface area contributed by atoms with E-state index in [2.05, 4.69) is 168 Å². The molecule has 9 aromatic carbocycles. The Morgan fingerprint density at radius 1 is 0.321 bits per heavy atom. The van der Waals surface area contributed by atoms with Crippen molar-refractivity contribution in [3.05, 3.63) is 182 Å². The van der Waals surface area contributed by atoms with Crippen molar-refractivity contribution in [3.8, 4) is 39.9 Å². The van der Waals surface area contributed by atoms with Crippen LogP contribution in [0.2, 0.25) is 0 Å². The van der Waals surface area contributed by atoms with Crippen molar-refractivity contribution in [1.29, 1.82) is 0 Å². The van der Waals surface area contributed by atoms with E-state index in [1.807, 2.05) is 18.2 Å². The second-order valence-corrected chi connectivity index (χ2v) is 13.6. The Balaban J connectivity index is 1.22. The Bertz CT molecular complexity index is 3230. The lowest BCUT2D eigenvalue weighted by Gasteiger charge is -2.16. The lowest BCUT2D eigenvalue weighted by molar-refractivity contribution is 1.07. The smallest absolute Gasteiger partial charge is 0.166 e. The van der Waals surface area contributed by atoms with Crippen LogP contribution >= 0.6 is 0 Å². The predicted molar refractivity (Wildman–Crippen MR) is 220 cm³/mol. The van der Waals surface area contributed by atoms with Gasteiger partial charge in [0, 0.05) is 27.5 Å². The van der Waals surface area contributed by atoms with E-state index in [0.717, 1.165) is 38.8 Å².